The molecule has 0 spiro atoms. The van der Waals surface area contributed by atoms with Crippen LogP contribution in [0.15, 0.2) is 35.3 Å². The Balaban J connectivity index is 1.94. The molecule has 0 unspecified atom stereocenters. The van der Waals surface area contributed by atoms with E-state index in [9.17, 15) is 0 Å². The summed E-state index contributed by atoms with van der Waals surface area (Å²) in [6.07, 6.45) is 0.852. The minimum absolute atomic E-state index is 0.0554. The van der Waals surface area contributed by atoms with Crippen LogP contribution >= 0.6 is 0 Å². The second-order valence-corrected chi connectivity index (χ2v) is 6.15. The highest BCUT2D eigenvalue weighted by Crippen LogP contribution is 2.00. The molecular weight excluding hydrogens is 278 g/mol. The van der Waals surface area contributed by atoms with E-state index in [1.807, 2.05) is 39.0 Å². The van der Waals surface area contributed by atoms with Crippen molar-refractivity contribution >= 4 is 5.96 Å². The van der Waals surface area contributed by atoms with Crippen LogP contribution in [0.5, 0.6) is 0 Å². The molecule has 0 radical (unpaired) electrons. The van der Waals surface area contributed by atoms with Gasteiger partial charge in [-0.25, -0.2) is 0 Å². The van der Waals surface area contributed by atoms with Crippen LogP contribution in [-0.2, 0) is 16.1 Å². The topological polar surface area (TPSA) is 68.9 Å². The second-order valence-electron chi connectivity index (χ2n) is 6.15. The van der Waals surface area contributed by atoms with Crippen LogP contribution in [0.2, 0.25) is 0 Å². The monoisotopic (exact) mass is 307 g/mol. The van der Waals surface area contributed by atoms with Crippen LogP contribution in [0.25, 0.3) is 0 Å². The molecule has 0 fully saturated rings. The van der Waals surface area contributed by atoms with Crippen LogP contribution in [0.4, 0.5) is 0 Å². The zero-order chi connectivity index (χ0) is 16.3. The molecule has 0 bridgehead atoms. The van der Waals surface area contributed by atoms with E-state index in [1.54, 1.807) is 0 Å². The molecule has 0 aliphatic heterocycles. The van der Waals surface area contributed by atoms with Crippen molar-refractivity contribution in [1.29, 1.82) is 0 Å². The number of nitrogens with zero attached hydrogens (tertiary/aromatic N) is 1. The van der Waals surface area contributed by atoms with Crippen molar-refractivity contribution in [3.63, 3.8) is 0 Å². The van der Waals surface area contributed by atoms with Gasteiger partial charge in [0.05, 0.1) is 19.8 Å². The Morgan fingerprint density at radius 3 is 2.45 bits per heavy atom. The van der Waals surface area contributed by atoms with Gasteiger partial charge in [0.25, 0.3) is 0 Å². The largest absolute Gasteiger partial charge is 0.379 e. The Hall–Kier alpha value is -1.59. The van der Waals surface area contributed by atoms with Gasteiger partial charge < -0.3 is 20.5 Å². The maximum Gasteiger partial charge on any atom is 0.188 e. The number of ether oxygens (including phenoxy) is 2. The molecule has 0 amide bonds. The Kier molecular flexibility index (Phi) is 8.55. The zero-order valence-electron chi connectivity index (χ0n) is 14.0. The van der Waals surface area contributed by atoms with Crippen LogP contribution in [0.1, 0.15) is 32.8 Å². The summed E-state index contributed by atoms with van der Waals surface area (Å²) in [5.41, 5.74) is 6.90. The van der Waals surface area contributed by atoms with Crippen molar-refractivity contribution < 1.29 is 9.47 Å². The molecular formula is C17H29N3O2. The minimum atomic E-state index is -0.0554. The van der Waals surface area contributed by atoms with Gasteiger partial charge >= 0.3 is 0 Å². The fraction of sp³-hybridized carbons (Fsp3) is 0.588. The fourth-order valence-corrected chi connectivity index (χ4v) is 1.77. The van der Waals surface area contributed by atoms with Gasteiger partial charge in [-0.2, -0.15) is 0 Å². The van der Waals surface area contributed by atoms with Gasteiger partial charge in [0, 0.05) is 18.7 Å². The Morgan fingerprint density at radius 2 is 1.77 bits per heavy atom. The van der Waals surface area contributed by atoms with E-state index in [1.165, 1.54) is 5.56 Å². The van der Waals surface area contributed by atoms with Crippen LogP contribution in [0, 0.1) is 0 Å². The first-order valence-corrected chi connectivity index (χ1v) is 7.75. The maximum atomic E-state index is 5.77. The smallest absolute Gasteiger partial charge is 0.188 e. The molecule has 3 N–H and O–H groups in total. The maximum absolute atomic E-state index is 5.77. The lowest BCUT2D eigenvalue weighted by molar-refractivity contribution is 0.0403. The highest BCUT2D eigenvalue weighted by Gasteiger charge is 2.09. The first-order valence-electron chi connectivity index (χ1n) is 7.75. The number of hydrogen-bond acceptors (Lipinski definition) is 3. The third-order valence-corrected chi connectivity index (χ3v) is 2.72. The zero-order valence-corrected chi connectivity index (χ0v) is 14.0. The van der Waals surface area contributed by atoms with Crippen LogP contribution in [0.3, 0.4) is 0 Å². The third-order valence-electron chi connectivity index (χ3n) is 2.72. The lowest BCUT2D eigenvalue weighted by Gasteiger charge is -2.20. The number of guanidine groups is 1. The molecule has 0 atom stereocenters. The van der Waals surface area contributed by atoms with Crippen molar-refractivity contribution in [2.45, 2.75) is 39.3 Å². The molecule has 0 aromatic heterocycles. The number of nitrogens with one attached hydrogen (secondary N) is 1. The van der Waals surface area contributed by atoms with Gasteiger partial charge in [0.2, 0.25) is 0 Å². The summed E-state index contributed by atoms with van der Waals surface area (Å²) in [6.45, 7) is 9.32. The van der Waals surface area contributed by atoms with Gasteiger partial charge in [-0.1, -0.05) is 30.3 Å². The van der Waals surface area contributed by atoms with Crippen molar-refractivity contribution in [2.75, 3.05) is 26.4 Å². The van der Waals surface area contributed by atoms with Gasteiger partial charge in [-0.05, 0) is 32.8 Å². The summed E-state index contributed by atoms with van der Waals surface area (Å²) in [5.74, 6) is 0.485. The molecule has 0 saturated heterocycles. The number of hydrogen-bond donors (Lipinski definition) is 2. The predicted octanol–water partition coefficient (Wildman–Crippen LogP) is 2.31. The summed E-state index contributed by atoms with van der Waals surface area (Å²) in [4.78, 5) is 4.26. The molecule has 5 nitrogen and oxygen atoms in total. The second kappa shape index (κ2) is 10.2. The fourth-order valence-electron chi connectivity index (χ4n) is 1.77. The lowest BCUT2D eigenvalue weighted by atomic mass is 10.1. The summed E-state index contributed by atoms with van der Waals surface area (Å²) in [6, 6.07) is 10.1. The van der Waals surface area contributed by atoms with Crippen molar-refractivity contribution in [2.24, 2.45) is 10.7 Å². The van der Waals surface area contributed by atoms with E-state index in [2.05, 4.69) is 22.4 Å². The molecule has 0 heterocycles. The van der Waals surface area contributed by atoms with Crippen molar-refractivity contribution in [3.8, 4) is 0 Å². The van der Waals surface area contributed by atoms with Crippen molar-refractivity contribution in [1.82, 2.24) is 5.32 Å². The highest BCUT2D eigenvalue weighted by molar-refractivity contribution is 5.78. The van der Waals surface area contributed by atoms with E-state index in [-0.39, 0.29) is 5.54 Å². The quantitative estimate of drug-likeness (QED) is 0.417. The summed E-state index contributed by atoms with van der Waals surface area (Å²) >= 11 is 0. The Morgan fingerprint density at radius 1 is 1.09 bits per heavy atom. The van der Waals surface area contributed by atoms with Gasteiger partial charge in [-0.15, -0.1) is 0 Å². The lowest BCUT2D eigenvalue weighted by Crippen LogP contribution is -2.45. The average Bonchev–Trinajstić information content (AvgIpc) is 2.44. The Labute approximate surface area is 133 Å². The standard InChI is InChI=1S/C17H29N3O2/c1-17(2,3)20-16(18)19-10-7-11-21-12-13-22-14-15-8-5-4-6-9-15/h4-6,8-9H,7,10-14H2,1-3H3,(H3,18,19,20). The molecule has 0 aliphatic carbocycles. The van der Waals surface area contributed by atoms with E-state index >= 15 is 0 Å². The molecule has 5 heteroatoms. The number of nitrogens with two attached hydrogens (primary N) is 1. The molecule has 124 valence electrons. The van der Waals surface area contributed by atoms with Crippen molar-refractivity contribution in [3.05, 3.63) is 35.9 Å². The Bertz CT molecular complexity index is 427. The number of rotatable bonds is 9. The van der Waals surface area contributed by atoms with Gasteiger partial charge in [-0.3, -0.25) is 4.99 Å². The first kappa shape index (κ1) is 18.5. The minimum Gasteiger partial charge on any atom is -0.379 e. The summed E-state index contributed by atoms with van der Waals surface area (Å²) in [5, 5.41) is 3.12. The molecule has 1 rings (SSSR count). The number of aliphatic imine (C=N–C) groups is 1. The number of benzene rings is 1. The van der Waals surface area contributed by atoms with Crippen LogP contribution < -0.4 is 11.1 Å². The summed E-state index contributed by atoms with van der Waals surface area (Å²) < 4.78 is 11.0. The predicted molar refractivity (Wildman–Crippen MR) is 90.9 cm³/mol. The normalized spacial score (nSPS) is 12.4. The SMILES string of the molecule is CC(C)(C)NC(N)=NCCCOCCOCc1ccccc1. The molecule has 0 saturated carbocycles. The highest BCUT2D eigenvalue weighted by atomic mass is 16.5. The van der Waals surface area contributed by atoms with Gasteiger partial charge in [0.1, 0.15) is 0 Å². The molecule has 1 aromatic rings. The van der Waals surface area contributed by atoms with Gasteiger partial charge in [0.15, 0.2) is 5.96 Å². The molecule has 22 heavy (non-hydrogen) atoms. The van der Waals surface area contributed by atoms with E-state index in [0.717, 1.165) is 6.42 Å². The average molecular weight is 307 g/mol. The first-order chi connectivity index (χ1) is 10.5. The van der Waals surface area contributed by atoms with Crippen LogP contribution in [-0.4, -0.2) is 37.9 Å². The van der Waals surface area contributed by atoms with E-state index in [0.29, 0.717) is 38.9 Å². The van der Waals surface area contributed by atoms with E-state index < -0.39 is 0 Å². The summed E-state index contributed by atoms with van der Waals surface area (Å²) in [7, 11) is 0. The van der Waals surface area contributed by atoms with E-state index in [4.69, 9.17) is 15.2 Å². The molecule has 0 aliphatic rings. The molecule has 1 aromatic carbocycles. The third kappa shape index (κ3) is 10.2.